The third-order valence-electron chi connectivity index (χ3n) is 2.49. The molecule has 1 aromatic carbocycles. The summed E-state index contributed by atoms with van der Waals surface area (Å²) in [6.45, 7) is 2.34. The highest BCUT2D eigenvalue weighted by molar-refractivity contribution is 7.99. The Morgan fingerprint density at radius 3 is 2.89 bits per heavy atom. The van der Waals surface area contributed by atoms with Crippen LogP contribution in [0.15, 0.2) is 39.1 Å². The zero-order chi connectivity index (χ0) is 13.8. The highest BCUT2D eigenvalue weighted by atomic mass is 35.5. The van der Waals surface area contributed by atoms with Crippen molar-refractivity contribution in [2.45, 2.75) is 23.4 Å². The lowest BCUT2D eigenvalue weighted by Crippen LogP contribution is -2.08. The normalized spacial score (nSPS) is 10.7. The maximum Gasteiger partial charge on any atom is 0.251 e. The molecule has 0 fully saturated rings. The summed E-state index contributed by atoms with van der Waals surface area (Å²) in [6, 6.07) is 7.09. The first-order chi connectivity index (χ1) is 9.08. The summed E-state index contributed by atoms with van der Waals surface area (Å²) in [5.74, 6) is 0. The molecule has 6 heteroatoms. The van der Waals surface area contributed by atoms with E-state index in [-0.39, 0.29) is 5.56 Å². The molecule has 0 radical (unpaired) electrons. The van der Waals surface area contributed by atoms with Crippen LogP contribution in [0, 0.1) is 6.92 Å². The lowest BCUT2D eigenvalue weighted by molar-refractivity contribution is 0.900. The van der Waals surface area contributed by atoms with Gasteiger partial charge in [0, 0.05) is 21.7 Å². The number of halogens is 1. The molecular formula is C13H14ClN3OS. The van der Waals surface area contributed by atoms with Crippen LogP contribution in [-0.4, -0.2) is 16.5 Å². The largest absolute Gasteiger partial charge is 0.330 e. The smallest absolute Gasteiger partial charge is 0.251 e. The third kappa shape index (κ3) is 3.83. The SMILES string of the molecule is Cc1cc(=O)[nH]c(Sc2ccc(Cl)cc2CCN)n1. The van der Waals surface area contributed by atoms with Gasteiger partial charge in [-0.05, 0) is 43.7 Å². The topological polar surface area (TPSA) is 71.8 Å². The number of hydrogen-bond donors (Lipinski definition) is 2. The van der Waals surface area contributed by atoms with E-state index in [9.17, 15) is 4.79 Å². The molecule has 100 valence electrons. The van der Waals surface area contributed by atoms with E-state index >= 15 is 0 Å². The van der Waals surface area contributed by atoms with Gasteiger partial charge in [0.25, 0.3) is 5.56 Å². The zero-order valence-electron chi connectivity index (χ0n) is 10.4. The average Bonchev–Trinajstić information content (AvgIpc) is 2.32. The van der Waals surface area contributed by atoms with E-state index in [1.54, 1.807) is 6.92 Å². The van der Waals surface area contributed by atoms with Crippen molar-refractivity contribution in [3.05, 3.63) is 50.9 Å². The van der Waals surface area contributed by atoms with Crippen LogP contribution in [0.25, 0.3) is 0 Å². The first kappa shape index (κ1) is 14.1. The molecule has 0 spiro atoms. The van der Waals surface area contributed by atoms with Gasteiger partial charge in [-0.1, -0.05) is 23.4 Å². The van der Waals surface area contributed by atoms with E-state index in [1.807, 2.05) is 18.2 Å². The molecule has 0 amide bonds. The average molecular weight is 296 g/mol. The minimum atomic E-state index is -0.149. The summed E-state index contributed by atoms with van der Waals surface area (Å²) in [5, 5.41) is 1.25. The Balaban J connectivity index is 2.34. The van der Waals surface area contributed by atoms with Crippen LogP contribution < -0.4 is 11.3 Å². The fourth-order valence-corrected chi connectivity index (χ4v) is 2.87. The second kappa shape index (κ2) is 6.23. The van der Waals surface area contributed by atoms with Crippen molar-refractivity contribution in [2.75, 3.05) is 6.54 Å². The Morgan fingerprint density at radius 2 is 2.21 bits per heavy atom. The van der Waals surface area contributed by atoms with Crippen molar-refractivity contribution < 1.29 is 0 Å². The van der Waals surface area contributed by atoms with Crippen LogP contribution in [0.5, 0.6) is 0 Å². The van der Waals surface area contributed by atoms with Crippen molar-refractivity contribution >= 4 is 23.4 Å². The van der Waals surface area contributed by atoms with Gasteiger partial charge in [0.1, 0.15) is 0 Å². The summed E-state index contributed by atoms with van der Waals surface area (Å²) in [7, 11) is 0. The number of nitrogens with one attached hydrogen (secondary N) is 1. The van der Waals surface area contributed by atoms with Gasteiger partial charge in [-0.15, -0.1) is 0 Å². The number of aromatic amines is 1. The van der Waals surface area contributed by atoms with Crippen LogP contribution in [0.2, 0.25) is 5.02 Å². The number of hydrogen-bond acceptors (Lipinski definition) is 4. The maximum atomic E-state index is 11.4. The molecule has 0 saturated carbocycles. The van der Waals surface area contributed by atoms with Gasteiger partial charge in [-0.3, -0.25) is 4.79 Å². The number of rotatable bonds is 4. The Bertz CT molecular complexity index is 642. The predicted octanol–water partition coefficient (Wildman–Crippen LogP) is 2.38. The van der Waals surface area contributed by atoms with Gasteiger partial charge in [0.2, 0.25) is 0 Å². The first-order valence-electron chi connectivity index (χ1n) is 5.83. The fraction of sp³-hybridized carbons (Fsp3) is 0.231. The maximum absolute atomic E-state index is 11.4. The summed E-state index contributed by atoms with van der Waals surface area (Å²) < 4.78 is 0. The highest BCUT2D eigenvalue weighted by Crippen LogP contribution is 2.29. The van der Waals surface area contributed by atoms with Gasteiger partial charge >= 0.3 is 0 Å². The van der Waals surface area contributed by atoms with E-state index in [1.165, 1.54) is 17.8 Å². The quantitative estimate of drug-likeness (QED) is 0.850. The molecule has 2 rings (SSSR count). The number of nitrogens with two attached hydrogens (primary N) is 1. The molecule has 3 N–H and O–H groups in total. The van der Waals surface area contributed by atoms with E-state index in [0.717, 1.165) is 16.9 Å². The molecule has 2 aromatic rings. The van der Waals surface area contributed by atoms with Gasteiger partial charge < -0.3 is 10.7 Å². The Labute approximate surface area is 120 Å². The van der Waals surface area contributed by atoms with Gasteiger partial charge in [0.15, 0.2) is 5.16 Å². The number of aromatic nitrogens is 2. The lowest BCUT2D eigenvalue weighted by atomic mass is 10.1. The van der Waals surface area contributed by atoms with Gasteiger partial charge in [-0.25, -0.2) is 4.98 Å². The molecule has 0 aliphatic carbocycles. The van der Waals surface area contributed by atoms with Crippen molar-refractivity contribution in [3.63, 3.8) is 0 Å². The lowest BCUT2D eigenvalue weighted by Gasteiger charge is -2.08. The molecule has 19 heavy (non-hydrogen) atoms. The molecule has 1 heterocycles. The summed E-state index contributed by atoms with van der Waals surface area (Å²) in [6.07, 6.45) is 0.735. The molecule has 4 nitrogen and oxygen atoms in total. The molecular weight excluding hydrogens is 282 g/mol. The van der Waals surface area contributed by atoms with E-state index < -0.39 is 0 Å². The minimum Gasteiger partial charge on any atom is -0.330 e. The van der Waals surface area contributed by atoms with Crippen LogP contribution in [0.3, 0.4) is 0 Å². The molecule has 0 bridgehead atoms. The second-order valence-corrected chi connectivity index (χ2v) is 5.55. The molecule has 1 aromatic heterocycles. The van der Waals surface area contributed by atoms with Crippen LogP contribution in [0.4, 0.5) is 0 Å². The van der Waals surface area contributed by atoms with Crippen molar-refractivity contribution in [3.8, 4) is 0 Å². The van der Waals surface area contributed by atoms with E-state index in [0.29, 0.717) is 22.4 Å². The monoisotopic (exact) mass is 295 g/mol. The zero-order valence-corrected chi connectivity index (χ0v) is 12.0. The summed E-state index contributed by atoms with van der Waals surface area (Å²) in [4.78, 5) is 19.4. The van der Waals surface area contributed by atoms with E-state index in [2.05, 4.69) is 9.97 Å². The van der Waals surface area contributed by atoms with Crippen LogP contribution in [-0.2, 0) is 6.42 Å². The number of benzene rings is 1. The number of aryl methyl sites for hydroxylation is 1. The summed E-state index contributed by atoms with van der Waals surface area (Å²) >= 11 is 7.39. The van der Waals surface area contributed by atoms with Crippen LogP contribution in [0.1, 0.15) is 11.3 Å². The fourth-order valence-electron chi connectivity index (χ4n) is 1.70. The Kier molecular flexibility index (Phi) is 4.63. The highest BCUT2D eigenvalue weighted by Gasteiger charge is 2.07. The third-order valence-corrected chi connectivity index (χ3v) is 3.73. The van der Waals surface area contributed by atoms with Crippen molar-refractivity contribution in [1.82, 2.24) is 9.97 Å². The summed E-state index contributed by atoms with van der Waals surface area (Å²) in [5.41, 5.74) is 7.20. The Morgan fingerprint density at radius 1 is 1.42 bits per heavy atom. The van der Waals surface area contributed by atoms with E-state index in [4.69, 9.17) is 17.3 Å². The molecule has 0 unspecified atom stereocenters. The van der Waals surface area contributed by atoms with Crippen molar-refractivity contribution in [1.29, 1.82) is 0 Å². The molecule has 0 saturated heterocycles. The number of H-pyrrole nitrogens is 1. The van der Waals surface area contributed by atoms with Crippen molar-refractivity contribution in [2.24, 2.45) is 5.73 Å². The minimum absolute atomic E-state index is 0.149. The van der Waals surface area contributed by atoms with Crippen LogP contribution >= 0.6 is 23.4 Å². The first-order valence-corrected chi connectivity index (χ1v) is 7.02. The molecule has 0 aliphatic heterocycles. The standard InChI is InChI=1S/C13H14ClN3OS/c1-8-6-12(18)17-13(16-8)19-11-3-2-10(14)7-9(11)4-5-15/h2-3,6-7H,4-5,15H2,1H3,(H,16,17,18). The van der Waals surface area contributed by atoms with Gasteiger partial charge in [-0.2, -0.15) is 0 Å². The Hall–Kier alpha value is -1.30. The molecule has 0 atom stereocenters. The van der Waals surface area contributed by atoms with Gasteiger partial charge in [0.05, 0.1) is 0 Å². The predicted molar refractivity (Wildman–Crippen MR) is 77.9 cm³/mol. The molecule has 0 aliphatic rings. The second-order valence-electron chi connectivity index (χ2n) is 4.08. The number of nitrogens with zero attached hydrogens (tertiary/aromatic N) is 1.